The molecule has 5 heteroatoms. The van der Waals surface area contributed by atoms with Gasteiger partial charge in [-0.1, -0.05) is 0 Å². The first-order valence-corrected chi connectivity index (χ1v) is 5.27. The molecule has 0 spiro atoms. The van der Waals surface area contributed by atoms with Crippen LogP contribution in [0.15, 0.2) is 0 Å². The summed E-state index contributed by atoms with van der Waals surface area (Å²) in [6.45, 7) is 1.05. The maximum atomic E-state index is 11.5. The highest BCUT2D eigenvalue weighted by molar-refractivity contribution is 5.76. The minimum atomic E-state index is -0.820. The van der Waals surface area contributed by atoms with Crippen LogP contribution >= 0.6 is 0 Å². The van der Waals surface area contributed by atoms with E-state index in [2.05, 4.69) is 0 Å². The highest BCUT2D eigenvalue weighted by atomic mass is 16.4. The van der Waals surface area contributed by atoms with Gasteiger partial charge >= 0.3 is 5.97 Å². The summed E-state index contributed by atoms with van der Waals surface area (Å²) in [4.78, 5) is 23.4. The summed E-state index contributed by atoms with van der Waals surface area (Å²) >= 11 is 0. The van der Waals surface area contributed by atoms with Crippen molar-refractivity contribution in [1.29, 1.82) is 0 Å². The van der Waals surface area contributed by atoms with Gasteiger partial charge in [-0.3, -0.25) is 9.59 Å². The van der Waals surface area contributed by atoms with E-state index in [9.17, 15) is 14.7 Å². The number of hydrogen-bond acceptors (Lipinski definition) is 3. The number of carbonyl (C=O) groups is 2. The molecule has 0 bridgehead atoms. The Labute approximate surface area is 88.7 Å². The van der Waals surface area contributed by atoms with Crippen molar-refractivity contribution < 1.29 is 19.8 Å². The summed E-state index contributed by atoms with van der Waals surface area (Å²) in [5, 5.41) is 17.6. The fraction of sp³-hybridized carbons (Fsp3) is 0.800. The molecule has 1 atom stereocenters. The van der Waals surface area contributed by atoms with Crippen LogP contribution in [0.5, 0.6) is 0 Å². The molecule has 1 amide bonds. The van der Waals surface area contributed by atoms with E-state index in [-0.39, 0.29) is 18.4 Å². The van der Waals surface area contributed by atoms with Crippen LogP contribution in [0.4, 0.5) is 0 Å². The van der Waals surface area contributed by atoms with Crippen LogP contribution in [0, 0.1) is 0 Å². The van der Waals surface area contributed by atoms with Crippen molar-refractivity contribution in [2.24, 2.45) is 0 Å². The molecule has 0 aliphatic carbocycles. The minimum absolute atomic E-state index is 0.0249. The second-order valence-electron chi connectivity index (χ2n) is 3.88. The average molecular weight is 215 g/mol. The molecule has 1 aliphatic heterocycles. The number of aliphatic carboxylic acids is 1. The van der Waals surface area contributed by atoms with Crippen LogP contribution in [0.2, 0.25) is 0 Å². The molecular weight excluding hydrogens is 198 g/mol. The number of carboxylic acids is 1. The highest BCUT2D eigenvalue weighted by Crippen LogP contribution is 2.11. The summed E-state index contributed by atoms with van der Waals surface area (Å²) in [7, 11) is 0. The zero-order chi connectivity index (χ0) is 11.3. The van der Waals surface area contributed by atoms with Gasteiger partial charge in [0.05, 0.1) is 6.10 Å². The normalized spacial score (nSPS) is 20.6. The SMILES string of the molecule is O=C(O)CCCCC(=O)N1CCC(O)C1. The standard InChI is InChI=1S/C10H17NO4/c12-8-5-6-11(7-8)9(13)3-1-2-4-10(14)15/h8,12H,1-7H2,(H,14,15). The van der Waals surface area contributed by atoms with E-state index in [0.717, 1.165) is 0 Å². The number of nitrogens with zero attached hydrogens (tertiary/aromatic N) is 1. The Kier molecular flexibility index (Phi) is 4.55. The Balaban J connectivity index is 2.11. The van der Waals surface area contributed by atoms with Gasteiger partial charge in [0.2, 0.25) is 5.91 Å². The van der Waals surface area contributed by atoms with Gasteiger partial charge in [0.25, 0.3) is 0 Å². The summed E-state index contributed by atoms with van der Waals surface area (Å²) in [6.07, 6.45) is 1.93. The van der Waals surface area contributed by atoms with Crippen molar-refractivity contribution >= 4 is 11.9 Å². The molecule has 1 fully saturated rings. The number of likely N-dealkylation sites (tertiary alicyclic amines) is 1. The van der Waals surface area contributed by atoms with Crippen molar-refractivity contribution in [3.63, 3.8) is 0 Å². The number of carboxylic acid groups (broad SMARTS) is 1. The monoisotopic (exact) mass is 215 g/mol. The minimum Gasteiger partial charge on any atom is -0.481 e. The van der Waals surface area contributed by atoms with E-state index in [4.69, 9.17) is 5.11 Å². The van der Waals surface area contributed by atoms with Crippen molar-refractivity contribution in [3.05, 3.63) is 0 Å². The summed E-state index contributed by atoms with van der Waals surface area (Å²) in [5.74, 6) is -0.795. The number of unbranched alkanes of at least 4 members (excludes halogenated alkanes) is 1. The maximum Gasteiger partial charge on any atom is 0.303 e. The Morgan fingerprint density at radius 1 is 1.27 bits per heavy atom. The van der Waals surface area contributed by atoms with Crippen LogP contribution in [0.1, 0.15) is 32.1 Å². The third-order valence-corrected chi connectivity index (χ3v) is 2.55. The Bertz CT molecular complexity index is 242. The smallest absolute Gasteiger partial charge is 0.303 e. The number of β-amino-alcohol motifs (C(OH)–C–C–N with tert-alkyl or cyclic N) is 1. The topological polar surface area (TPSA) is 77.8 Å². The number of amides is 1. The van der Waals surface area contributed by atoms with Gasteiger partial charge in [-0.2, -0.15) is 0 Å². The lowest BCUT2D eigenvalue weighted by atomic mass is 10.2. The van der Waals surface area contributed by atoms with E-state index in [0.29, 0.717) is 38.8 Å². The Morgan fingerprint density at radius 2 is 1.93 bits per heavy atom. The molecule has 1 rings (SSSR count). The van der Waals surface area contributed by atoms with Gasteiger partial charge in [-0.05, 0) is 19.3 Å². The highest BCUT2D eigenvalue weighted by Gasteiger charge is 2.23. The van der Waals surface area contributed by atoms with Crippen molar-refractivity contribution in [2.45, 2.75) is 38.2 Å². The van der Waals surface area contributed by atoms with Crippen LogP contribution in [0.3, 0.4) is 0 Å². The molecule has 15 heavy (non-hydrogen) atoms. The van der Waals surface area contributed by atoms with Gasteiger partial charge < -0.3 is 15.1 Å². The van der Waals surface area contributed by atoms with Crippen molar-refractivity contribution in [2.75, 3.05) is 13.1 Å². The molecule has 1 saturated heterocycles. The van der Waals surface area contributed by atoms with Crippen LogP contribution < -0.4 is 0 Å². The van der Waals surface area contributed by atoms with E-state index in [1.54, 1.807) is 4.90 Å². The molecular formula is C10H17NO4. The first kappa shape index (κ1) is 12.0. The zero-order valence-corrected chi connectivity index (χ0v) is 8.69. The molecule has 86 valence electrons. The Hall–Kier alpha value is -1.10. The molecule has 0 aromatic heterocycles. The maximum absolute atomic E-state index is 11.5. The Morgan fingerprint density at radius 3 is 2.47 bits per heavy atom. The van der Waals surface area contributed by atoms with Crippen LogP contribution in [-0.2, 0) is 9.59 Å². The van der Waals surface area contributed by atoms with E-state index >= 15 is 0 Å². The molecule has 0 aromatic rings. The predicted molar refractivity (Wildman–Crippen MR) is 53.3 cm³/mol. The third-order valence-electron chi connectivity index (χ3n) is 2.55. The summed E-state index contributed by atoms with van der Waals surface area (Å²) < 4.78 is 0. The van der Waals surface area contributed by atoms with Gasteiger partial charge in [0.15, 0.2) is 0 Å². The summed E-state index contributed by atoms with van der Waals surface area (Å²) in [6, 6.07) is 0. The number of rotatable bonds is 5. The molecule has 0 aromatic carbocycles. The molecule has 0 radical (unpaired) electrons. The van der Waals surface area contributed by atoms with Crippen LogP contribution in [0.25, 0.3) is 0 Å². The number of aliphatic hydroxyl groups excluding tert-OH is 1. The molecule has 0 saturated carbocycles. The number of hydrogen-bond donors (Lipinski definition) is 2. The first-order chi connectivity index (χ1) is 7.09. The van der Waals surface area contributed by atoms with Gasteiger partial charge in [-0.25, -0.2) is 0 Å². The second-order valence-corrected chi connectivity index (χ2v) is 3.88. The van der Waals surface area contributed by atoms with Gasteiger partial charge in [0, 0.05) is 25.9 Å². The van der Waals surface area contributed by atoms with E-state index < -0.39 is 5.97 Å². The van der Waals surface area contributed by atoms with Crippen molar-refractivity contribution in [3.8, 4) is 0 Å². The summed E-state index contributed by atoms with van der Waals surface area (Å²) in [5.41, 5.74) is 0. The fourth-order valence-electron chi connectivity index (χ4n) is 1.68. The predicted octanol–water partition coefficient (Wildman–Crippen LogP) is 0.225. The van der Waals surface area contributed by atoms with E-state index in [1.165, 1.54) is 0 Å². The lowest BCUT2D eigenvalue weighted by Crippen LogP contribution is -2.29. The van der Waals surface area contributed by atoms with Gasteiger partial charge in [-0.15, -0.1) is 0 Å². The van der Waals surface area contributed by atoms with Crippen molar-refractivity contribution in [1.82, 2.24) is 4.90 Å². The lowest BCUT2D eigenvalue weighted by Gasteiger charge is -2.14. The molecule has 1 unspecified atom stereocenters. The largest absolute Gasteiger partial charge is 0.481 e. The average Bonchev–Trinajstić information content (AvgIpc) is 2.59. The number of carbonyl (C=O) groups excluding carboxylic acids is 1. The fourth-order valence-corrected chi connectivity index (χ4v) is 1.68. The number of aliphatic hydroxyl groups is 1. The van der Waals surface area contributed by atoms with E-state index in [1.807, 2.05) is 0 Å². The zero-order valence-electron chi connectivity index (χ0n) is 8.69. The lowest BCUT2D eigenvalue weighted by molar-refractivity contribution is -0.137. The third kappa shape index (κ3) is 4.29. The van der Waals surface area contributed by atoms with Crippen LogP contribution in [-0.4, -0.2) is 46.2 Å². The first-order valence-electron chi connectivity index (χ1n) is 5.27. The molecule has 2 N–H and O–H groups in total. The van der Waals surface area contributed by atoms with Gasteiger partial charge in [0.1, 0.15) is 0 Å². The quantitative estimate of drug-likeness (QED) is 0.643. The molecule has 5 nitrogen and oxygen atoms in total. The second kappa shape index (κ2) is 5.70. The molecule has 1 heterocycles. The molecule has 1 aliphatic rings.